The van der Waals surface area contributed by atoms with Crippen LogP contribution in [-0.2, 0) is 27.5 Å². The highest BCUT2D eigenvalue weighted by Crippen LogP contribution is 2.17. The van der Waals surface area contributed by atoms with E-state index in [2.05, 4.69) is 0 Å². The highest BCUT2D eigenvalue weighted by Gasteiger charge is 2.40. The molecule has 0 fully saturated rings. The van der Waals surface area contributed by atoms with Crippen molar-refractivity contribution >= 4 is 8.80 Å². The summed E-state index contributed by atoms with van der Waals surface area (Å²) in [6, 6.07) is 0. The number of rotatable bonds is 9. The molecule has 3 atom stereocenters. The van der Waals surface area contributed by atoms with E-state index in [1.807, 2.05) is 0 Å². The van der Waals surface area contributed by atoms with Crippen LogP contribution in [0.4, 0.5) is 0 Å². The van der Waals surface area contributed by atoms with E-state index >= 15 is 0 Å². The fraction of sp³-hybridized carbons (Fsp3) is 1.00. The lowest BCUT2D eigenvalue weighted by molar-refractivity contribution is -0.160. The molecule has 0 amide bonds. The Balaban J connectivity index is 4.55. The molecule has 17 heavy (non-hydrogen) atoms. The molecule has 0 aromatic heterocycles. The van der Waals surface area contributed by atoms with Gasteiger partial charge in [-0.05, 0) is 20.8 Å². The van der Waals surface area contributed by atoms with Crippen molar-refractivity contribution in [1.29, 1.82) is 0 Å². The van der Waals surface area contributed by atoms with Crippen LogP contribution < -0.4 is 0 Å². The van der Waals surface area contributed by atoms with Gasteiger partial charge in [0.25, 0.3) is 0 Å². The summed E-state index contributed by atoms with van der Waals surface area (Å²) in [7, 11) is 1.79. The smallest absolute Gasteiger partial charge is 0.357 e. The molecule has 0 aromatic rings. The Labute approximate surface area is 104 Å². The first-order valence-corrected chi connectivity index (χ1v) is 7.71. The van der Waals surface area contributed by atoms with Gasteiger partial charge in [-0.25, -0.2) is 0 Å². The molecule has 0 spiro atoms. The van der Waals surface area contributed by atoms with E-state index in [-0.39, 0.29) is 0 Å². The first kappa shape index (κ1) is 17.0. The van der Waals surface area contributed by atoms with Crippen molar-refractivity contribution in [2.45, 2.75) is 46.2 Å². The Bertz CT molecular complexity index is 172. The monoisotopic (exact) mass is 268 g/mol. The van der Waals surface area contributed by atoms with E-state index in [9.17, 15) is 0 Å². The topological polar surface area (TPSA) is 55.4 Å². The quantitative estimate of drug-likeness (QED) is 0.467. The molecule has 0 aliphatic carbocycles. The van der Waals surface area contributed by atoms with Crippen LogP contribution in [-0.4, -0.2) is 49.0 Å². The summed E-state index contributed by atoms with van der Waals surface area (Å²) >= 11 is 0. The zero-order valence-electron chi connectivity index (χ0n) is 11.7. The minimum absolute atomic E-state index is 0.417. The van der Waals surface area contributed by atoms with Crippen LogP contribution in [0.3, 0.4) is 0 Å². The third-order valence-corrected chi connectivity index (χ3v) is 4.42. The van der Waals surface area contributed by atoms with E-state index in [1.54, 1.807) is 48.6 Å². The molecule has 0 N–H and O–H groups in total. The van der Waals surface area contributed by atoms with Gasteiger partial charge in [0, 0.05) is 27.9 Å². The minimum atomic E-state index is -2.88. The third kappa shape index (κ3) is 7.09. The molecule has 104 valence electrons. The second-order valence-electron chi connectivity index (χ2n) is 3.63. The second-order valence-corrected chi connectivity index (χ2v) is 6.06. The van der Waals surface area contributed by atoms with Gasteiger partial charge in [0.1, 0.15) is 18.9 Å². The Morgan fingerprint density at radius 1 is 0.647 bits per heavy atom. The van der Waals surface area contributed by atoms with Crippen molar-refractivity contribution in [1.82, 2.24) is 0 Å². The van der Waals surface area contributed by atoms with Crippen LogP contribution in [0, 0.1) is 0 Å². The molecule has 0 heterocycles. The van der Waals surface area contributed by atoms with Crippen LogP contribution in [0.2, 0.25) is 6.55 Å². The number of hydrogen-bond acceptors (Lipinski definition) is 6. The lowest BCUT2D eigenvalue weighted by Gasteiger charge is -2.32. The summed E-state index contributed by atoms with van der Waals surface area (Å²) in [6.45, 7) is 7.08. The van der Waals surface area contributed by atoms with E-state index in [1.165, 1.54) is 0 Å². The number of hydrogen-bond donors (Lipinski definition) is 0. The molecular formula is C10H24O6Si. The highest BCUT2D eigenvalue weighted by atomic mass is 28.4. The van der Waals surface area contributed by atoms with E-state index < -0.39 is 27.7 Å². The molecule has 0 radical (unpaired) electrons. The van der Waals surface area contributed by atoms with E-state index in [0.29, 0.717) is 0 Å². The Hall–Kier alpha value is -0.0231. The van der Waals surface area contributed by atoms with Gasteiger partial charge in [-0.2, -0.15) is 0 Å². The van der Waals surface area contributed by atoms with Gasteiger partial charge in [0.2, 0.25) is 0 Å². The zero-order chi connectivity index (χ0) is 13.5. The summed E-state index contributed by atoms with van der Waals surface area (Å²) < 4.78 is 32.1. The molecule has 0 aliphatic heterocycles. The van der Waals surface area contributed by atoms with Gasteiger partial charge in [0.05, 0.1) is 0 Å². The fourth-order valence-electron chi connectivity index (χ4n) is 1.13. The second kappa shape index (κ2) is 8.14. The van der Waals surface area contributed by atoms with Crippen LogP contribution in [0.1, 0.15) is 20.8 Å². The molecule has 0 aliphatic rings. The van der Waals surface area contributed by atoms with Crippen molar-refractivity contribution in [2.24, 2.45) is 0 Å². The first-order valence-electron chi connectivity index (χ1n) is 5.48. The third-order valence-electron chi connectivity index (χ3n) is 2.14. The Morgan fingerprint density at radius 3 is 1.06 bits per heavy atom. The van der Waals surface area contributed by atoms with Crippen LogP contribution >= 0.6 is 0 Å². The summed E-state index contributed by atoms with van der Waals surface area (Å²) in [6.07, 6.45) is -1.25. The maximum absolute atomic E-state index is 5.64. The molecule has 0 aromatic carbocycles. The van der Waals surface area contributed by atoms with Crippen molar-refractivity contribution in [3.8, 4) is 0 Å². The maximum Gasteiger partial charge on any atom is 0.503 e. The molecule has 0 rings (SSSR count). The van der Waals surface area contributed by atoms with Gasteiger partial charge in [-0.15, -0.1) is 0 Å². The molecular weight excluding hydrogens is 244 g/mol. The van der Waals surface area contributed by atoms with Crippen molar-refractivity contribution in [2.75, 3.05) is 21.3 Å². The minimum Gasteiger partial charge on any atom is -0.357 e. The number of ether oxygens (including phenoxy) is 3. The van der Waals surface area contributed by atoms with Crippen LogP contribution in [0.25, 0.3) is 0 Å². The molecule has 3 unspecified atom stereocenters. The molecule has 0 saturated carbocycles. The summed E-state index contributed by atoms with van der Waals surface area (Å²) in [5, 5.41) is 0. The fourth-order valence-corrected chi connectivity index (χ4v) is 3.40. The standard InChI is InChI=1S/C10H24O6Si/c1-8(11-4)14-17(7,15-9(2)12-5)16-10(3)13-6/h8-10H,1-7H3. The van der Waals surface area contributed by atoms with Crippen molar-refractivity contribution in [3.05, 3.63) is 0 Å². The average Bonchev–Trinajstić information content (AvgIpc) is 2.27. The predicted octanol–water partition coefficient (Wildman–Crippen LogP) is 1.58. The summed E-state index contributed by atoms with van der Waals surface area (Å²) in [4.78, 5) is 0. The largest absolute Gasteiger partial charge is 0.503 e. The highest BCUT2D eigenvalue weighted by molar-refractivity contribution is 6.59. The maximum atomic E-state index is 5.64. The average molecular weight is 268 g/mol. The SMILES string of the molecule is COC(C)O[Si](C)(OC(C)OC)OC(C)OC. The summed E-state index contributed by atoms with van der Waals surface area (Å²) in [5.74, 6) is 0. The van der Waals surface area contributed by atoms with Gasteiger partial charge < -0.3 is 27.5 Å². The van der Waals surface area contributed by atoms with Crippen LogP contribution in [0.5, 0.6) is 0 Å². The normalized spacial score (nSPS) is 20.6. The van der Waals surface area contributed by atoms with E-state index in [4.69, 9.17) is 27.5 Å². The Morgan fingerprint density at radius 2 is 0.882 bits per heavy atom. The van der Waals surface area contributed by atoms with Crippen molar-refractivity contribution in [3.63, 3.8) is 0 Å². The molecule has 7 heteroatoms. The van der Waals surface area contributed by atoms with Gasteiger partial charge in [-0.1, -0.05) is 0 Å². The van der Waals surface area contributed by atoms with Gasteiger partial charge in [0.15, 0.2) is 0 Å². The zero-order valence-corrected chi connectivity index (χ0v) is 12.7. The number of methoxy groups -OCH3 is 3. The molecule has 6 nitrogen and oxygen atoms in total. The van der Waals surface area contributed by atoms with Crippen molar-refractivity contribution < 1.29 is 27.5 Å². The predicted molar refractivity (Wildman–Crippen MR) is 64.3 cm³/mol. The molecule has 0 saturated heterocycles. The van der Waals surface area contributed by atoms with Crippen LogP contribution in [0.15, 0.2) is 0 Å². The first-order chi connectivity index (χ1) is 7.86. The molecule has 0 bridgehead atoms. The van der Waals surface area contributed by atoms with Gasteiger partial charge in [-0.3, -0.25) is 0 Å². The Kier molecular flexibility index (Phi) is 8.13. The summed E-state index contributed by atoms with van der Waals surface area (Å²) in [5.41, 5.74) is 0. The lowest BCUT2D eigenvalue weighted by atomic mass is 10.8. The van der Waals surface area contributed by atoms with E-state index in [0.717, 1.165) is 0 Å². The van der Waals surface area contributed by atoms with Gasteiger partial charge >= 0.3 is 8.80 Å². The lowest BCUT2D eigenvalue weighted by Crippen LogP contribution is -2.49.